The Morgan fingerprint density at radius 2 is 2.42 bits per heavy atom. The van der Waals surface area contributed by atoms with E-state index in [1.54, 1.807) is 0 Å². The summed E-state index contributed by atoms with van der Waals surface area (Å²) in [5.74, 6) is 1.10. The highest BCUT2D eigenvalue weighted by Crippen LogP contribution is 2.43. The summed E-state index contributed by atoms with van der Waals surface area (Å²) in [7, 11) is 0. The summed E-state index contributed by atoms with van der Waals surface area (Å²) in [6, 6.07) is 0. The van der Waals surface area contributed by atoms with Crippen molar-refractivity contribution in [1.82, 2.24) is 0 Å². The quantitative estimate of drug-likeness (QED) is 0.618. The van der Waals surface area contributed by atoms with Crippen LogP contribution in [0.4, 0.5) is 0 Å². The van der Waals surface area contributed by atoms with Crippen LogP contribution in [0.1, 0.15) is 19.3 Å². The first-order valence-corrected chi connectivity index (χ1v) is 4.65. The Balaban J connectivity index is 2.16. The molecule has 0 spiro atoms. The Bertz CT molecular complexity index is 225. The molecular weight excluding hydrogens is 176 g/mol. The highest BCUT2D eigenvalue weighted by Gasteiger charge is 2.37. The molecule has 2 aliphatic carbocycles. The third-order valence-corrected chi connectivity index (χ3v) is 3.15. The van der Waals surface area contributed by atoms with E-state index in [0.29, 0.717) is 18.3 Å². The highest BCUT2D eigenvalue weighted by atomic mass is 35.5. The van der Waals surface area contributed by atoms with Gasteiger partial charge in [-0.3, -0.25) is 4.79 Å². The Labute approximate surface area is 76.5 Å². The van der Waals surface area contributed by atoms with Crippen molar-refractivity contribution >= 4 is 18.1 Å². The molecule has 1 fully saturated rings. The minimum Gasteiger partial charge on any atom is -0.458 e. The zero-order chi connectivity index (χ0) is 8.55. The fourth-order valence-electron chi connectivity index (χ4n) is 2.26. The second-order valence-corrected chi connectivity index (χ2v) is 3.97. The molecule has 2 rings (SSSR count). The molecule has 12 heavy (non-hydrogen) atoms. The number of halogens is 1. The molecule has 2 nitrogen and oxygen atoms in total. The summed E-state index contributed by atoms with van der Waals surface area (Å²) >= 11 is 5.97. The molecule has 3 atom stereocenters. The van der Waals surface area contributed by atoms with Gasteiger partial charge in [0.15, 0.2) is 0 Å². The summed E-state index contributed by atoms with van der Waals surface area (Å²) in [5.41, 5.74) is 0. The molecular formula is C9H11ClO2. The number of carbonyl (C=O) groups is 1. The molecule has 0 N–H and O–H groups in total. The summed E-state index contributed by atoms with van der Waals surface area (Å²) in [6.07, 6.45) is 5.35. The molecule has 0 aromatic carbocycles. The van der Waals surface area contributed by atoms with E-state index in [4.69, 9.17) is 16.3 Å². The van der Waals surface area contributed by atoms with Gasteiger partial charge in [-0.25, -0.2) is 0 Å². The van der Waals surface area contributed by atoms with E-state index in [0.717, 1.165) is 17.9 Å². The van der Waals surface area contributed by atoms with Crippen molar-refractivity contribution in [2.75, 3.05) is 0 Å². The monoisotopic (exact) mass is 186 g/mol. The second-order valence-electron chi connectivity index (χ2n) is 3.54. The van der Waals surface area contributed by atoms with Crippen LogP contribution in [0.3, 0.4) is 0 Å². The minimum absolute atomic E-state index is 0.150. The van der Waals surface area contributed by atoms with E-state index in [9.17, 15) is 4.79 Å². The fourth-order valence-corrected chi connectivity index (χ4v) is 2.67. The van der Waals surface area contributed by atoms with E-state index in [-0.39, 0.29) is 6.10 Å². The van der Waals surface area contributed by atoms with E-state index < -0.39 is 0 Å². The molecule has 0 aromatic rings. The number of ether oxygens (including phenoxy) is 1. The van der Waals surface area contributed by atoms with Crippen molar-refractivity contribution in [2.24, 2.45) is 11.8 Å². The molecule has 66 valence electrons. The molecule has 0 radical (unpaired) electrons. The molecule has 2 aliphatic rings. The van der Waals surface area contributed by atoms with Gasteiger partial charge in [0.1, 0.15) is 6.10 Å². The number of hydrogen-bond acceptors (Lipinski definition) is 2. The summed E-state index contributed by atoms with van der Waals surface area (Å²) in [6.45, 7) is 0.500. The standard InChI is InChI=1S/C9H11ClO2/c10-8-4-6-1-2-7(3-6)9(8)12-5-11/h4-7,9H,1-3H2/t6-,7+,9-/m1/s1. The van der Waals surface area contributed by atoms with E-state index in [1.807, 2.05) is 6.08 Å². The normalized spacial score (nSPS) is 39.1. The van der Waals surface area contributed by atoms with Crippen molar-refractivity contribution in [3.63, 3.8) is 0 Å². The van der Waals surface area contributed by atoms with Crippen molar-refractivity contribution < 1.29 is 9.53 Å². The lowest BCUT2D eigenvalue weighted by atomic mass is 9.93. The van der Waals surface area contributed by atoms with Crippen molar-refractivity contribution in [1.29, 1.82) is 0 Å². The smallest absolute Gasteiger partial charge is 0.293 e. The minimum atomic E-state index is -0.150. The van der Waals surface area contributed by atoms with Gasteiger partial charge >= 0.3 is 0 Å². The maximum absolute atomic E-state index is 10.2. The van der Waals surface area contributed by atoms with E-state index in [2.05, 4.69) is 0 Å². The molecule has 0 saturated heterocycles. The lowest BCUT2D eigenvalue weighted by Crippen LogP contribution is -2.25. The van der Waals surface area contributed by atoms with E-state index in [1.165, 1.54) is 6.42 Å². The van der Waals surface area contributed by atoms with Crippen LogP contribution in [0.5, 0.6) is 0 Å². The average molecular weight is 187 g/mol. The van der Waals surface area contributed by atoms with Gasteiger partial charge in [-0.05, 0) is 25.2 Å². The molecule has 0 unspecified atom stereocenters. The van der Waals surface area contributed by atoms with Crippen LogP contribution in [-0.4, -0.2) is 12.6 Å². The van der Waals surface area contributed by atoms with Crippen LogP contribution in [0.15, 0.2) is 11.1 Å². The van der Waals surface area contributed by atoms with Gasteiger partial charge in [-0.15, -0.1) is 0 Å². The number of carbonyl (C=O) groups excluding carboxylic acids is 1. The Morgan fingerprint density at radius 3 is 3.17 bits per heavy atom. The molecule has 0 heterocycles. The zero-order valence-corrected chi connectivity index (χ0v) is 7.46. The number of allylic oxidation sites excluding steroid dienone is 1. The predicted octanol–water partition coefficient (Wildman–Crippen LogP) is 2.08. The second kappa shape index (κ2) is 3.09. The number of fused-ring (bicyclic) bond motifs is 2. The predicted molar refractivity (Wildman–Crippen MR) is 45.7 cm³/mol. The maximum atomic E-state index is 10.2. The molecule has 0 aliphatic heterocycles. The van der Waals surface area contributed by atoms with Gasteiger partial charge in [0.05, 0.1) is 5.03 Å². The van der Waals surface area contributed by atoms with Crippen molar-refractivity contribution in [3.05, 3.63) is 11.1 Å². The molecule has 1 saturated carbocycles. The van der Waals surface area contributed by atoms with Gasteiger partial charge in [0.2, 0.25) is 0 Å². The Hall–Kier alpha value is -0.500. The first-order valence-electron chi connectivity index (χ1n) is 4.27. The zero-order valence-electron chi connectivity index (χ0n) is 6.70. The van der Waals surface area contributed by atoms with Crippen molar-refractivity contribution in [2.45, 2.75) is 25.4 Å². The Kier molecular flexibility index (Phi) is 2.09. The topological polar surface area (TPSA) is 26.3 Å². The fraction of sp³-hybridized carbons (Fsp3) is 0.667. The van der Waals surface area contributed by atoms with Gasteiger partial charge in [-0.2, -0.15) is 0 Å². The largest absolute Gasteiger partial charge is 0.458 e. The van der Waals surface area contributed by atoms with Crippen LogP contribution in [0, 0.1) is 11.8 Å². The molecule has 3 heteroatoms. The van der Waals surface area contributed by atoms with Gasteiger partial charge in [0.25, 0.3) is 6.47 Å². The number of rotatable bonds is 2. The lowest BCUT2D eigenvalue weighted by Gasteiger charge is -2.24. The maximum Gasteiger partial charge on any atom is 0.293 e. The van der Waals surface area contributed by atoms with Crippen LogP contribution in [0.2, 0.25) is 0 Å². The SMILES string of the molecule is O=CO[C@H]1C(Cl)=C[C@@H]2CC[C@H]1C2. The van der Waals surface area contributed by atoms with Gasteiger partial charge in [-0.1, -0.05) is 17.7 Å². The lowest BCUT2D eigenvalue weighted by molar-refractivity contribution is -0.133. The Morgan fingerprint density at radius 1 is 1.58 bits per heavy atom. The van der Waals surface area contributed by atoms with Gasteiger partial charge in [0, 0.05) is 5.92 Å². The number of hydrogen-bond donors (Lipinski definition) is 0. The average Bonchev–Trinajstić information content (AvgIpc) is 2.43. The van der Waals surface area contributed by atoms with Crippen molar-refractivity contribution in [3.8, 4) is 0 Å². The van der Waals surface area contributed by atoms with E-state index >= 15 is 0 Å². The van der Waals surface area contributed by atoms with Gasteiger partial charge < -0.3 is 4.74 Å². The molecule has 2 bridgehead atoms. The van der Waals surface area contributed by atoms with Crippen LogP contribution >= 0.6 is 11.6 Å². The molecule has 0 aromatic heterocycles. The highest BCUT2D eigenvalue weighted by molar-refractivity contribution is 6.30. The van der Waals surface area contributed by atoms with Crippen LogP contribution in [0.25, 0.3) is 0 Å². The first-order chi connectivity index (χ1) is 5.81. The molecule has 0 amide bonds. The third-order valence-electron chi connectivity index (χ3n) is 2.81. The summed E-state index contributed by atoms with van der Waals surface area (Å²) < 4.78 is 4.94. The summed E-state index contributed by atoms with van der Waals surface area (Å²) in [4.78, 5) is 10.2. The van der Waals surface area contributed by atoms with Crippen LogP contribution in [-0.2, 0) is 9.53 Å². The third kappa shape index (κ3) is 1.24. The van der Waals surface area contributed by atoms with Crippen LogP contribution < -0.4 is 0 Å². The first kappa shape index (κ1) is 8.11. The summed E-state index contributed by atoms with van der Waals surface area (Å²) in [5, 5.41) is 0.723.